The first-order valence-corrected chi connectivity index (χ1v) is 15.8. The maximum Gasteiger partial charge on any atom is 0.408 e. The summed E-state index contributed by atoms with van der Waals surface area (Å²) >= 11 is 0. The first kappa shape index (κ1) is 37.3. The van der Waals surface area contributed by atoms with E-state index in [0.717, 1.165) is 16.7 Å². The Balaban J connectivity index is 2.61. The summed E-state index contributed by atoms with van der Waals surface area (Å²) in [5.74, 6) is -1.77. The monoisotopic (exact) mass is 623 g/mol. The second-order valence-corrected chi connectivity index (χ2v) is 13.6. The van der Waals surface area contributed by atoms with Crippen molar-refractivity contribution in [3.05, 3.63) is 70.8 Å². The van der Waals surface area contributed by atoms with Crippen molar-refractivity contribution in [1.29, 1.82) is 0 Å². The van der Waals surface area contributed by atoms with E-state index in [9.17, 15) is 19.2 Å². The van der Waals surface area contributed by atoms with Crippen molar-refractivity contribution in [2.45, 2.75) is 118 Å². The van der Waals surface area contributed by atoms with Gasteiger partial charge in [-0.3, -0.25) is 9.59 Å². The molecule has 3 amide bonds. The molecule has 2 aromatic carbocycles. The quantitative estimate of drug-likeness (QED) is 0.272. The molecule has 2 aromatic rings. The van der Waals surface area contributed by atoms with Gasteiger partial charge in [0, 0.05) is 13.0 Å². The van der Waals surface area contributed by atoms with Gasteiger partial charge in [0.25, 0.3) is 0 Å². The minimum absolute atomic E-state index is 0.170. The summed E-state index contributed by atoms with van der Waals surface area (Å²) < 4.78 is 11.2. The van der Waals surface area contributed by atoms with Crippen molar-refractivity contribution in [3.63, 3.8) is 0 Å². The first-order chi connectivity index (χ1) is 20.9. The molecule has 45 heavy (non-hydrogen) atoms. The summed E-state index contributed by atoms with van der Waals surface area (Å²) in [6.45, 7) is 20.1. The molecule has 9 heteroatoms. The summed E-state index contributed by atoms with van der Waals surface area (Å²) in [4.78, 5) is 56.7. The standard InChI is InChI=1S/C36H53N3O6/c1-12-23(3)29(38-34(43)45-36(9,10)11)32(41)39(13-2)30(28-24(4)18-17-19-25(28)5)31(40)37-27(33(42)44-35(6,7)8)22-26-20-15-14-16-21-26/h14-21,23,27,29-30H,12-13,22H2,1-11H3,(H,37,40)(H,38,43). The SMILES string of the molecule is CCC(C)C(NC(=O)OC(C)(C)C)C(=O)N(CC)C(C(=O)NC(Cc1ccccc1)C(=O)OC(C)(C)C)c1c(C)cccc1C. The molecule has 0 aliphatic carbocycles. The molecule has 0 saturated carbocycles. The van der Waals surface area contributed by atoms with E-state index in [-0.39, 0.29) is 18.9 Å². The molecule has 0 heterocycles. The van der Waals surface area contributed by atoms with Crippen LogP contribution in [0.25, 0.3) is 0 Å². The molecule has 0 aliphatic heterocycles. The van der Waals surface area contributed by atoms with Crippen LogP contribution >= 0.6 is 0 Å². The van der Waals surface area contributed by atoms with Crippen LogP contribution in [0.1, 0.15) is 97.0 Å². The molecule has 9 nitrogen and oxygen atoms in total. The van der Waals surface area contributed by atoms with Crippen LogP contribution in [0.15, 0.2) is 48.5 Å². The average Bonchev–Trinajstić information content (AvgIpc) is 2.93. The highest BCUT2D eigenvalue weighted by Gasteiger charge is 2.40. The van der Waals surface area contributed by atoms with Crippen molar-refractivity contribution in [3.8, 4) is 0 Å². The Kier molecular flexibility index (Phi) is 13.2. The van der Waals surface area contributed by atoms with Gasteiger partial charge in [0.2, 0.25) is 11.8 Å². The molecule has 4 atom stereocenters. The Hall–Kier alpha value is -3.88. The number of aryl methyl sites for hydroxylation is 2. The molecule has 2 rings (SSSR count). The van der Waals surface area contributed by atoms with Crippen molar-refractivity contribution >= 4 is 23.9 Å². The highest BCUT2D eigenvalue weighted by Crippen LogP contribution is 2.30. The van der Waals surface area contributed by atoms with E-state index in [4.69, 9.17) is 9.47 Å². The Morgan fingerprint density at radius 1 is 0.800 bits per heavy atom. The smallest absolute Gasteiger partial charge is 0.408 e. The van der Waals surface area contributed by atoms with Crippen molar-refractivity contribution in [1.82, 2.24) is 15.5 Å². The van der Waals surface area contributed by atoms with Crippen LogP contribution in [0.4, 0.5) is 4.79 Å². The number of amides is 3. The Morgan fingerprint density at radius 3 is 1.84 bits per heavy atom. The lowest BCUT2D eigenvalue weighted by molar-refractivity contribution is -0.159. The van der Waals surface area contributed by atoms with E-state index in [1.165, 1.54) is 4.90 Å². The van der Waals surface area contributed by atoms with Gasteiger partial charge >= 0.3 is 12.1 Å². The minimum atomic E-state index is -1.09. The fourth-order valence-electron chi connectivity index (χ4n) is 5.12. The molecule has 0 spiro atoms. The normalized spacial score (nSPS) is 14.4. The number of likely N-dealkylation sites (N-methyl/N-ethyl adjacent to an activating group) is 1. The summed E-state index contributed by atoms with van der Waals surface area (Å²) in [5.41, 5.74) is 1.61. The summed E-state index contributed by atoms with van der Waals surface area (Å²) in [6.07, 6.45) is 0.0940. The molecule has 0 saturated heterocycles. The number of esters is 1. The molecule has 0 aliphatic rings. The molecule has 248 valence electrons. The highest BCUT2D eigenvalue weighted by atomic mass is 16.6. The molecule has 4 unspecified atom stereocenters. The van der Waals surface area contributed by atoms with Crippen LogP contribution in [-0.2, 0) is 30.3 Å². The van der Waals surface area contributed by atoms with Crippen LogP contribution < -0.4 is 10.6 Å². The third kappa shape index (κ3) is 11.2. The third-order valence-electron chi connectivity index (χ3n) is 7.44. The number of carbonyl (C=O) groups excluding carboxylic acids is 4. The third-order valence-corrected chi connectivity index (χ3v) is 7.44. The number of hydrogen-bond acceptors (Lipinski definition) is 6. The summed E-state index contributed by atoms with van der Waals surface area (Å²) in [6, 6.07) is 12.0. The number of hydrogen-bond donors (Lipinski definition) is 2. The summed E-state index contributed by atoms with van der Waals surface area (Å²) in [7, 11) is 0. The van der Waals surface area contributed by atoms with Crippen LogP contribution in [0.2, 0.25) is 0 Å². The van der Waals surface area contributed by atoms with Gasteiger partial charge in [0.15, 0.2) is 0 Å². The fourth-order valence-corrected chi connectivity index (χ4v) is 5.12. The molecule has 0 fully saturated rings. The van der Waals surface area contributed by atoms with Crippen LogP contribution in [0, 0.1) is 19.8 Å². The Labute approximate surface area is 269 Å². The Bertz CT molecular complexity index is 1290. The van der Waals surface area contributed by atoms with E-state index in [0.29, 0.717) is 12.0 Å². The number of alkyl carbamates (subject to hydrolysis) is 1. The van der Waals surface area contributed by atoms with E-state index in [1.807, 2.05) is 76.2 Å². The maximum absolute atomic E-state index is 14.5. The second kappa shape index (κ2) is 15.9. The van der Waals surface area contributed by atoms with E-state index in [2.05, 4.69) is 10.6 Å². The van der Waals surface area contributed by atoms with Crippen molar-refractivity contribution in [2.75, 3.05) is 6.54 Å². The van der Waals surface area contributed by atoms with Crippen LogP contribution in [0.3, 0.4) is 0 Å². The van der Waals surface area contributed by atoms with Crippen molar-refractivity contribution in [2.24, 2.45) is 5.92 Å². The second-order valence-electron chi connectivity index (χ2n) is 13.6. The first-order valence-electron chi connectivity index (χ1n) is 15.8. The predicted octanol–water partition coefficient (Wildman–Crippen LogP) is 6.20. The number of ether oxygens (including phenoxy) is 2. The fraction of sp³-hybridized carbons (Fsp3) is 0.556. The van der Waals surface area contributed by atoms with Gasteiger partial charge in [-0.25, -0.2) is 9.59 Å². The molecule has 2 N–H and O–H groups in total. The zero-order valence-electron chi connectivity index (χ0n) is 28.9. The van der Waals surface area contributed by atoms with Gasteiger partial charge in [-0.2, -0.15) is 0 Å². The van der Waals surface area contributed by atoms with Crippen LogP contribution in [0.5, 0.6) is 0 Å². The topological polar surface area (TPSA) is 114 Å². The lowest BCUT2D eigenvalue weighted by Gasteiger charge is -2.37. The number of carbonyl (C=O) groups is 4. The largest absolute Gasteiger partial charge is 0.458 e. The lowest BCUT2D eigenvalue weighted by Crippen LogP contribution is -2.56. The van der Waals surface area contributed by atoms with Gasteiger partial charge in [0.1, 0.15) is 29.3 Å². The van der Waals surface area contributed by atoms with E-state index in [1.54, 1.807) is 48.5 Å². The van der Waals surface area contributed by atoms with Gasteiger partial charge in [0.05, 0.1) is 0 Å². The number of nitrogens with one attached hydrogen (secondary N) is 2. The number of benzene rings is 2. The summed E-state index contributed by atoms with van der Waals surface area (Å²) in [5, 5.41) is 5.72. The van der Waals surface area contributed by atoms with Gasteiger partial charge in [-0.1, -0.05) is 68.8 Å². The van der Waals surface area contributed by atoms with Gasteiger partial charge < -0.3 is 25.0 Å². The molecular weight excluding hydrogens is 570 g/mol. The number of nitrogens with zero attached hydrogens (tertiary/aromatic N) is 1. The zero-order valence-corrected chi connectivity index (χ0v) is 28.9. The maximum atomic E-state index is 14.5. The average molecular weight is 624 g/mol. The minimum Gasteiger partial charge on any atom is -0.458 e. The number of rotatable bonds is 12. The Morgan fingerprint density at radius 2 is 1.36 bits per heavy atom. The lowest BCUT2D eigenvalue weighted by atomic mass is 9.91. The highest BCUT2D eigenvalue weighted by molar-refractivity contribution is 5.94. The predicted molar refractivity (Wildman–Crippen MR) is 177 cm³/mol. The van der Waals surface area contributed by atoms with E-state index >= 15 is 0 Å². The molecule has 0 aromatic heterocycles. The zero-order chi connectivity index (χ0) is 34.1. The molecule has 0 radical (unpaired) electrons. The molecule has 0 bridgehead atoms. The molecular formula is C36H53N3O6. The van der Waals surface area contributed by atoms with Gasteiger partial charge in [-0.05, 0) is 90.5 Å². The van der Waals surface area contributed by atoms with E-state index < -0.39 is 53.2 Å². The van der Waals surface area contributed by atoms with Crippen LogP contribution in [-0.4, -0.2) is 58.6 Å². The van der Waals surface area contributed by atoms with Crippen molar-refractivity contribution < 1.29 is 28.7 Å². The van der Waals surface area contributed by atoms with Gasteiger partial charge in [-0.15, -0.1) is 0 Å².